The molecule has 0 bridgehead atoms. The van der Waals surface area contributed by atoms with Crippen LogP contribution in [0.5, 0.6) is 5.75 Å². The van der Waals surface area contributed by atoms with E-state index in [0.29, 0.717) is 38.3 Å². The Hall–Kier alpha value is -2.81. The third-order valence-corrected chi connectivity index (χ3v) is 12.0. The molecule has 0 unspecified atom stereocenters. The maximum atomic E-state index is 13.3. The van der Waals surface area contributed by atoms with Crippen LogP contribution in [0.4, 0.5) is 5.69 Å². The summed E-state index contributed by atoms with van der Waals surface area (Å²) in [4.78, 5) is 15.6. The van der Waals surface area contributed by atoms with E-state index in [9.17, 15) is 18.3 Å². The van der Waals surface area contributed by atoms with Crippen molar-refractivity contribution in [1.82, 2.24) is 4.72 Å². The molecule has 0 saturated heterocycles. The SMILES string of the molecule is C=CC[C@@H]1C[C@@H]1S(=O)(=O)NC(=O)c1ccc2c(c1)N(C[C@@H]1CC[C@H]1[C@@H](O)C=C)C[C@@]1(CCCc3cc(Cl)ccc31)CO2. The Morgan fingerprint density at radius 1 is 1.21 bits per heavy atom. The smallest absolute Gasteiger partial charge is 0.264 e. The Labute approximate surface area is 253 Å². The molecule has 2 N–H and O–H groups in total. The molecule has 2 saturated carbocycles. The number of sulfonamides is 1. The lowest BCUT2D eigenvalue weighted by Crippen LogP contribution is -2.49. The van der Waals surface area contributed by atoms with Crippen LogP contribution in [0.2, 0.25) is 5.02 Å². The van der Waals surface area contributed by atoms with E-state index >= 15 is 0 Å². The van der Waals surface area contributed by atoms with Crippen molar-refractivity contribution in [3.05, 3.63) is 83.4 Å². The first-order valence-corrected chi connectivity index (χ1v) is 16.8. The number of fused-ring (bicyclic) bond motifs is 3. The minimum Gasteiger partial charge on any atom is -0.490 e. The normalized spacial score (nSPS) is 28.8. The van der Waals surface area contributed by atoms with E-state index in [1.54, 1.807) is 30.4 Å². The minimum atomic E-state index is -3.78. The van der Waals surface area contributed by atoms with Gasteiger partial charge in [-0.15, -0.1) is 13.2 Å². The number of halogens is 1. The number of rotatable bonds is 9. The molecule has 3 aliphatic carbocycles. The van der Waals surface area contributed by atoms with E-state index in [-0.39, 0.29) is 28.7 Å². The van der Waals surface area contributed by atoms with Crippen molar-refractivity contribution < 1.29 is 23.1 Å². The first-order chi connectivity index (χ1) is 20.1. The topological polar surface area (TPSA) is 95.9 Å². The number of anilines is 1. The highest BCUT2D eigenvalue weighted by Crippen LogP contribution is 2.47. The number of amides is 1. The van der Waals surface area contributed by atoms with E-state index in [4.69, 9.17) is 16.3 Å². The Bertz CT molecular complexity index is 1510. The van der Waals surface area contributed by atoms with Crippen LogP contribution in [0.25, 0.3) is 0 Å². The fourth-order valence-electron chi connectivity index (χ4n) is 7.31. The summed E-state index contributed by atoms with van der Waals surface area (Å²) in [6, 6.07) is 11.3. The van der Waals surface area contributed by atoms with Crippen molar-refractivity contribution in [2.75, 3.05) is 24.6 Å². The number of benzene rings is 2. The predicted molar refractivity (Wildman–Crippen MR) is 166 cm³/mol. The van der Waals surface area contributed by atoms with E-state index in [2.05, 4.69) is 34.9 Å². The maximum absolute atomic E-state index is 13.3. The second-order valence-electron chi connectivity index (χ2n) is 12.5. The summed E-state index contributed by atoms with van der Waals surface area (Å²) < 4.78 is 34.6. The predicted octanol–water partition coefficient (Wildman–Crippen LogP) is 5.41. The molecule has 2 aromatic rings. The number of hydrogen-bond donors (Lipinski definition) is 2. The number of aryl methyl sites for hydroxylation is 1. The summed E-state index contributed by atoms with van der Waals surface area (Å²) in [7, 11) is -3.78. The van der Waals surface area contributed by atoms with E-state index in [1.165, 1.54) is 11.1 Å². The zero-order valence-electron chi connectivity index (χ0n) is 23.8. The second-order valence-corrected chi connectivity index (χ2v) is 14.9. The van der Waals surface area contributed by atoms with Crippen LogP contribution < -0.4 is 14.4 Å². The van der Waals surface area contributed by atoms with Crippen molar-refractivity contribution in [1.29, 1.82) is 0 Å². The van der Waals surface area contributed by atoms with Crippen LogP contribution >= 0.6 is 11.6 Å². The van der Waals surface area contributed by atoms with E-state index < -0.39 is 27.3 Å². The lowest BCUT2D eigenvalue weighted by Gasteiger charge is -2.45. The summed E-state index contributed by atoms with van der Waals surface area (Å²) in [6.07, 6.45) is 8.79. The van der Waals surface area contributed by atoms with Crippen molar-refractivity contribution in [2.24, 2.45) is 17.8 Å². The number of aliphatic hydroxyl groups excluding tert-OH is 1. The number of carbonyl (C=O) groups is 1. The molecule has 1 heterocycles. The highest BCUT2D eigenvalue weighted by Gasteiger charge is 2.47. The monoisotopic (exact) mass is 610 g/mol. The summed E-state index contributed by atoms with van der Waals surface area (Å²) in [6.45, 7) is 9.34. The number of nitrogens with zero attached hydrogens (tertiary/aromatic N) is 1. The Kier molecular flexibility index (Phi) is 7.92. The van der Waals surface area contributed by atoms with Gasteiger partial charge in [0, 0.05) is 29.1 Å². The maximum Gasteiger partial charge on any atom is 0.264 e. The number of aliphatic hydroxyl groups is 1. The molecule has 42 heavy (non-hydrogen) atoms. The third kappa shape index (κ3) is 5.49. The average Bonchev–Trinajstić information content (AvgIpc) is 3.75. The van der Waals surface area contributed by atoms with Crippen LogP contribution in [0.15, 0.2) is 61.7 Å². The van der Waals surface area contributed by atoms with Gasteiger partial charge in [-0.3, -0.25) is 4.79 Å². The molecule has 1 amide bonds. The molecule has 0 radical (unpaired) electrons. The summed E-state index contributed by atoms with van der Waals surface area (Å²) in [5.74, 6) is 0.420. The van der Waals surface area contributed by atoms with Gasteiger partial charge in [0.05, 0.1) is 23.6 Å². The largest absolute Gasteiger partial charge is 0.490 e. The van der Waals surface area contributed by atoms with Crippen LogP contribution in [0.1, 0.15) is 60.0 Å². The van der Waals surface area contributed by atoms with Gasteiger partial charge in [-0.05, 0) is 104 Å². The molecule has 4 aliphatic rings. The summed E-state index contributed by atoms with van der Waals surface area (Å²) in [5.41, 5.74) is 3.26. The van der Waals surface area contributed by atoms with Crippen LogP contribution in [-0.2, 0) is 21.9 Å². The Morgan fingerprint density at radius 2 is 2.05 bits per heavy atom. The molecule has 6 atom stereocenters. The molecular weight excluding hydrogens is 572 g/mol. The van der Waals surface area contributed by atoms with Crippen molar-refractivity contribution in [3.63, 3.8) is 0 Å². The average molecular weight is 611 g/mol. The Balaban J connectivity index is 1.32. The van der Waals surface area contributed by atoms with E-state index in [0.717, 1.165) is 42.8 Å². The molecule has 9 heteroatoms. The molecule has 1 spiro atoms. The fourth-order valence-corrected chi connectivity index (χ4v) is 9.15. The van der Waals surface area contributed by atoms with Gasteiger partial charge >= 0.3 is 0 Å². The number of allylic oxidation sites excluding steroid dienone is 1. The molecule has 6 rings (SSSR count). The minimum absolute atomic E-state index is 0.00881. The standard InChI is InChI=1S/C33H39ClN2O5S/c1-3-6-22-17-31(22)42(39,40)35-32(38)23-9-13-30-28(16-23)36(18-24-8-11-26(24)29(37)4-2)19-33(20-41-30)14-5-7-21-15-25(34)10-12-27(21)33/h3-4,9-10,12-13,15-16,22,24,26,29,31,37H,1-2,5-8,11,14,17-20H2,(H,35,38)/t22-,24+,26-,29+,31+,33+/m1/s1. The number of nitrogens with one attached hydrogen (secondary N) is 1. The molecule has 2 aromatic carbocycles. The molecule has 1 aliphatic heterocycles. The lowest BCUT2D eigenvalue weighted by atomic mass is 9.68. The van der Waals surface area contributed by atoms with Gasteiger partial charge in [-0.25, -0.2) is 13.1 Å². The van der Waals surface area contributed by atoms with Gasteiger partial charge in [0.2, 0.25) is 10.0 Å². The quantitative estimate of drug-likeness (QED) is 0.369. The number of ether oxygens (including phenoxy) is 1. The zero-order chi connectivity index (χ0) is 29.6. The lowest BCUT2D eigenvalue weighted by molar-refractivity contribution is 0.0460. The van der Waals surface area contributed by atoms with Gasteiger partial charge in [0.25, 0.3) is 5.91 Å². The third-order valence-electron chi connectivity index (χ3n) is 9.87. The van der Waals surface area contributed by atoms with Crippen molar-refractivity contribution in [2.45, 2.75) is 61.7 Å². The van der Waals surface area contributed by atoms with Crippen molar-refractivity contribution in [3.8, 4) is 5.75 Å². The highest BCUT2D eigenvalue weighted by atomic mass is 35.5. The summed E-state index contributed by atoms with van der Waals surface area (Å²) in [5, 5.41) is 10.7. The molecule has 7 nitrogen and oxygen atoms in total. The van der Waals surface area contributed by atoms with Gasteiger partial charge in [0.15, 0.2) is 0 Å². The van der Waals surface area contributed by atoms with Crippen LogP contribution in [0, 0.1) is 17.8 Å². The van der Waals surface area contributed by atoms with Gasteiger partial charge in [-0.2, -0.15) is 0 Å². The first-order valence-electron chi connectivity index (χ1n) is 14.9. The zero-order valence-corrected chi connectivity index (χ0v) is 25.4. The molecule has 2 fully saturated rings. The molecule has 0 aromatic heterocycles. The second kappa shape index (κ2) is 11.4. The van der Waals surface area contributed by atoms with Gasteiger partial charge in [0.1, 0.15) is 5.75 Å². The summed E-state index contributed by atoms with van der Waals surface area (Å²) >= 11 is 6.37. The van der Waals surface area contributed by atoms with Crippen molar-refractivity contribution >= 4 is 33.2 Å². The molecular formula is C33H39ClN2O5S. The Morgan fingerprint density at radius 3 is 2.79 bits per heavy atom. The van der Waals surface area contributed by atoms with Crippen LogP contribution in [-0.4, -0.2) is 50.5 Å². The van der Waals surface area contributed by atoms with Crippen LogP contribution in [0.3, 0.4) is 0 Å². The number of hydrogen-bond acceptors (Lipinski definition) is 6. The van der Waals surface area contributed by atoms with Gasteiger partial charge < -0.3 is 14.7 Å². The first kappa shape index (κ1) is 29.3. The molecule has 224 valence electrons. The van der Waals surface area contributed by atoms with E-state index in [1.807, 2.05) is 6.07 Å². The van der Waals surface area contributed by atoms with Gasteiger partial charge in [-0.1, -0.05) is 29.8 Å². The number of carbonyl (C=O) groups excluding carboxylic acids is 1. The fraction of sp³-hybridized carbons (Fsp3) is 0.485. The highest BCUT2D eigenvalue weighted by molar-refractivity contribution is 7.91.